The molecule has 2 aromatic rings. The molecule has 116 valence electrons. The van der Waals surface area contributed by atoms with Gasteiger partial charge in [0.2, 0.25) is 0 Å². The van der Waals surface area contributed by atoms with Crippen LogP contribution >= 0.6 is 0 Å². The Kier molecular flexibility index (Phi) is 3.65. The van der Waals surface area contributed by atoms with Crippen LogP contribution in [-0.2, 0) is 9.59 Å². The first-order chi connectivity index (χ1) is 11.0. The van der Waals surface area contributed by atoms with E-state index in [-0.39, 0.29) is 11.3 Å². The lowest BCUT2D eigenvalue weighted by Crippen LogP contribution is -2.30. The highest BCUT2D eigenvalue weighted by molar-refractivity contribution is 6.43. The van der Waals surface area contributed by atoms with Crippen LogP contribution in [0, 0.1) is 11.6 Å². The van der Waals surface area contributed by atoms with E-state index < -0.39 is 23.4 Å². The molecule has 0 fully saturated rings. The van der Waals surface area contributed by atoms with Crippen LogP contribution in [0.25, 0.3) is 5.57 Å². The highest BCUT2D eigenvalue weighted by Crippen LogP contribution is 2.29. The maximum absolute atomic E-state index is 13.3. The van der Waals surface area contributed by atoms with E-state index in [9.17, 15) is 18.4 Å². The number of anilines is 1. The van der Waals surface area contributed by atoms with Crippen LogP contribution in [0.2, 0.25) is 0 Å². The number of rotatable bonds is 3. The summed E-state index contributed by atoms with van der Waals surface area (Å²) in [7, 11) is 1.52. The molecule has 3 rings (SSSR count). The largest absolute Gasteiger partial charge is 0.497 e. The van der Waals surface area contributed by atoms with Gasteiger partial charge in [0.15, 0.2) is 11.6 Å². The summed E-state index contributed by atoms with van der Waals surface area (Å²) >= 11 is 0. The van der Waals surface area contributed by atoms with Crippen LogP contribution in [-0.4, -0.2) is 18.9 Å². The van der Waals surface area contributed by atoms with Gasteiger partial charge in [0.05, 0.1) is 18.4 Å². The molecule has 23 heavy (non-hydrogen) atoms. The Bertz CT molecular complexity index is 828. The Hall–Kier alpha value is -3.02. The first-order valence-corrected chi connectivity index (χ1v) is 6.71. The van der Waals surface area contributed by atoms with Crippen molar-refractivity contribution in [3.05, 3.63) is 65.7 Å². The zero-order chi connectivity index (χ0) is 16.6. The number of hydrogen-bond donors (Lipinski definition) is 0. The Morgan fingerprint density at radius 1 is 0.957 bits per heavy atom. The maximum Gasteiger partial charge on any atom is 0.266 e. The first-order valence-electron chi connectivity index (χ1n) is 6.71. The van der Waals surface area contributed by atoms with Crippen molar-refractivity contribution in [3.63, 3.8) is 0 Å². The molecule has 0 atom stereocenters. The van der Waals surface area contributed by atoms with Crippen molar-refractivity contribution >= 4 is 23.1 Å². The summed E-state index contributed by atoms with van der Waals surface area (Å²) in [5.74, 6) is -2.75. The fraction of sp³-hybridized carbons (Fsp3) is 0.0588. The van der Waals surface area contributed by atoms with Crippen molar-refractivity contribution in [3.8, 4) is 5.75 Å². The predicted octanol–water partition coefficient (Wildman–Crippen LogP) is 2.93. The van der Waals surface area contributed by atoms with Gasteiger partial charge < -0.3 is 4.74 Å². The number of hydrogen-bond acceptors (Lipinski definition) is 3. The third-order valence-corrected chi connectivity index (χ3v) is 3.48. The van der Waals surface area contributed by atoms with Crippen LogP contribution in [0.1, 0.15) is 5.56 Å². The van der Waals surface area contributed by atoms with Crippen LogP contribution in [0.3, 0.4) is 0 Å². The molecule has 1 aliphatic rings. The molecule has 4 nitrogen and oxygen atoms in total. The number of nitrogens with zero attached hydrogens (tertiary/aromatic N) is 1. The smallest absolute Gasteiger partial charge is 0.266 e. The second-order valence-electron chi connectivity index (χ2n) is 4.86. The molecule has 0 unspecified atom stereocenters. The number of methoxy groups -OCH3 is 1. The van der Waals surface area contributed by atoms with E-state index in [0.717, 1.165) is 17.0 Å². The Morgan fingerprint density at radius 3 is 2.26 bits per heavy atom. The zero-order valence-corrected chi connectivity index (χ0v) is 12.0. The molecule has 1 aliphatic heterocycles. The molecule has 1 heterocycles. The van der Waals surface area contributed by atoms with E-state index in [1.165, 1.54) is 19.3 Å². The van der Waals surface area contributed by atoms with Crippen molar-refractivity contribution in [1.82, 2.24) is 0 Å². The van der Waals surface area contributed by atoms with Gasteiger partial charge in [0.25, 0.3) is 11.8 Å². The number of benzene rings is 2. The SMILES string of the molecule is COc1ccc(C2=CC(=O)N(c3ccc(F)c(F)c3)C2=O)cc1. The molecule has 2 aromatic carbocycles. The number of halogens is 2. The number of carbonyl (C=O) groups excluding carboxylic acids is 2. The van der Waals surface area contributed by atoms with E-state index in [4.69, 9.17) is 4.74 Å². The van der Waals surface area contributed by atoms with Gasteiger partial charge in [-0.2, -0.15) is 0 Å². The van der Waals surface area contributed by atoms with Crippen LogP contribution in [0.5, 0.6) is 5.75 Å². The summed E-state index contributed by atoms with van der Waals surface area (Å²) in [6.45, 7) is 0. The highest BCUT2D eigenvalue weighted by atomic mass is 19.2. The van der Waals surface area contributed by atoms with Crippen molar-refractivity contribution in [2.45, 2.75) is 0 Å². The van der Waals surface area contributed by atoms with Crippen molar-refractivity contribution < 1.29 is 23.1 Å². The summed E-state index contributed by atoms with van der Waals surface area (Å²) in [4.78, 5) is 25.3. The maximum atomic E-state index is 13.3. The first kappa shape index (κ1) is 14.9. The second kappa shape index (κ2) is 5.64. The second-order valence-corrected chi connectivity index (χ2v) is 4.86. The fourth-order valence-electron chi connectivity index (χ4n) is 2.32. The number of amides is 2. The zero-order valence-electron chi connectivity index (χ0n) is 12.0. The van der Waals surface area contributed by atoms with Gasteiger partial charge in [-0.1, -0.05) is 12.1 Å². The van der Waals surface area contributed by atoms with Crippen molar-refractivity contribution in [2.75, 3.05) is 12.0 Å². The van der Waals surface area contributed by atoms with E-state index in [2.05, 4.69) is 0 Å². The van der Waals surface area contributed by atoms with Gasteiger partial charge in [-0.25, -0.2) is 13.7 Å². The van der Waals surface area contributed by atoms with Crippen molar-refractivity contribution in [2.24, 2.45) is 0 Å². The number of ether oxygens (including phenoxy) is 1. The summed E-state index contributed by atoms with van der Waals surface area (Å²) in [5.41, 5.74) is 0.704. The topological polar surface area (TPSA) is 46.6 Å². The standard InChI is InChI=1S/C17H11F2NO3/c1-23-12-5-2-10(3-6-12)13-9-16(21)20(17(13)22)11-4-7-14(18)15(19)8-11/h2-9H,1H3. The van der Waals surface area contributed by atoms with Gasteiger partial charge in [-0.05, 0) is 29.8 Å². The van der Waals surface area contributed by atoms with E-state index in [1.807, 2.05) is 0 Å². The fourth-order valence-corrected chi connectivity index (χ4v) is 2.32. The van der Waals surface area contributed by atoms with Gasteiger partial charge in [0.1, 0.15) is 5.75 Å². The minimum Gasteiger partial charge on any atom is -0.497 e. The van der Waals surface area contributed by atoms with Crippen molar-refractivity contribution in [1.29, 1.82) is 0 Å². The molecule has 2 amide bonds. The molecule has 0 saturated carbocycles. The van der Waals surface area contributed by atoms with Crippen LogP contribution in [0.15, 0.2) is 48.5 Å². The summed E-state index contributed by atoms with van der Waals surface area (Å²) in [5, 5.41) is 0. The van der Waals surface area contributed by atoms with Crippen LogP contribution in [0.4, 0.5) is 14.5 Å². The molecule has 0 spiro atoms. The summed E-state index contributed by atoms with van der Waals surface area (Å²) in [6.07, 6.45) is 1.17. The van der Waals surface area contributed by atoms with Crippen LogP contribution < -0.4 is 9.64 Å². The Balaban J connectivity index is 1.94. The Labute approximate surface area is 130 Å². The lowest BCUT2D eigenvalue weighted by atomic mass is 10.1. The third kappa shape index (κ3) is 2.59. The lowest BCUT2D eigenvalue weighted by molar-refractivity contribution is -0.119. The number of carbonyl (C=O) groups is 2. The average Bonchev–Trinajstić information content (AvgIpc) is 2.85. The molecular formula is C17H11F2NO3. The van der Waals surface area contributed by atoms with E-state index in [1.54, 1.807) is 24.3 Å². The minimum atomic E-state index is -1.12. The number of imide groups is 1. The van der Waals surface area contributed by atoms with E-state index in [0.29, 0.717) is 11.3 Å². The summed E-state index contributed by atoms with van der Waals surface area (Å²) < 4.78 is 31.4. The molecule has 0 aromatic heterocycles. The molecule has 0 saturated heterocycles. The average molecular weight is 315 g/mol. The lowest BCUT2D eigenvalue weighted by Gasteiger charge is -2.15. The summed E-state index contributed by atoms with van der Waals surface area (Å²) in [6, 6.07) is 9.48. The third-order valence-electron chi connectivity index (χ3n) is 3.48. The van der Waals surface area contributed by atoms with Gasteiger partial charge in [0, 0.05) is 12.1 Å². The Morgan fingerprint density at radius 2 is 1.65 bits per heavy atom. The van der Waals surface area contributed by atoms with Gasteiger partial charge in [-0.15, -0.1) is 0 Å². The molecule has 0 bridgehead atoms. The van der Waals surface area contributed by atoms with E-state index >= 15 is 0 Å². The molecule has 0 radical (unpaired) electrons. The normalized spacial score (nSPS) is 14.2. The minimum absolute atomic E-state index is 0.0151. The quantitative estimate of drug-likeness (QED) is 0.818. The molecule has 6 heteroatoms. The van der Waals surface area contributed by atoms with Gasteiger partial charge >= 0.3 is 0 Å². The molecule has 0 N–H and O–H groups in total. The van der Waals surface area contributed by atoms with Gasteiger partial charge in [-0.3, -0.25) is 9.59 Å². The monoisotopic (exact) mass is 315 g/mol. The highest BCUT2D eigenvalue weighted by Gasteiger charge is 2.33. The molecular weight excluding hydrogens is 304 g/mol. The predicted molar refractivity (Wildman–Crippen MR) is 79.8 cm³/mol. The molecule has 0 aliphatic carbocycles.